The molecule has 2 bridgehead atoms. The van der Waals surface area contributed by atoms with Crippen LogP contribution in [0, 0.1) is 23.7 Å². The first-order chi connectivity index (χ1) is 11.1. The van der Waals surface area contributed by atoms with Gasteiger partial charge in [0.2, 0.25) is 5.91 Å². The number of nitrogens with one attached hydrogen (secondary N) is 1. The van der Waals surface area contributed by atoms with E-state index in [1.54, 1.807) is 30.3 Å². The van der Waals surface area contributed by atoms with Crippen LogP contribution in [0.5, 0.6) is 5.75 Å². The Balaban J connectivity index is 1.73. The van der Waals surface area contributed by atoms with Crippen LogP contribution in [0.2, 0.25) is 0 Å². The highest BCUT2D eigenvalue weighted by Gasteiger charge is 2.51. The number of hydrogen-bond acceptors (Lipinski definition) is 3. The number of fused-ring (bicyclic) bond motifs is 2. The summed E-state index contributed by atoms with van der Waals surface area (Å²) < 4.78 is 5.44. The van der Waals surface area contributed by atoms with Crippen molar-refractivity contribution in [3.63, 3.8) is 0 Å². The number of allylic oxidation sites excluding steroid dienone is 2. The first-order valence-electron chi connectivity index (χ1n) is 7.66. The van der Waals surface area contributed by atoms with Crippen LogP contribution >= 0.6 is 0 Å². The molecule has 0 radical (unpaired) electrons. The number of carboxylic acids is 1. The summed E-state index contributed by atoms with van der Waals surface area (Å²) in [5, 5.41) is 12.2. The van der Waals surface area contributed by atoms with Gasteiger partial charge in [-0.25, -0.2) is 0 Å². The number of aliphatic carboxylic acids is 1. The Morgan fingerprint density at radius 1 is 1.30 bits per heavy atom. The second-order valence-electron chi connectivity index (χ2n) is 5.95. The van der Waals surface area contributed by atoms with Gasteiger partial charge in [-0.2, -0.15) is 0 Å². The van der Waals surface area contributed by atoms with Gasteiger partial charge in [0.1, 0.15) is 12.4 Å². The maximum atomic E-state index is 12.6. The van der Waals surface area contributed by atoms with Crippen molar-refractivity contribution >= 4 is 17.6 Å². The summed E-state index contributed by atoms with van der Waals surface area (Å²) in [7, 11) is 0. The van der Waals surface area contributed by atoms with Crippen molar-refractivity contribution in [1.82, 2.24) is 0 Å². The molecule has 2 aliphatic rings. The zero-order valence-electron chi connectivity index (χ0n) is 12.6. The Labute approximate surface area is 134 Å². The number of ether oxygens (including phenoxy) is 1. The van der Waals surface area contributed by atoms with Gasteiger partial charge in [-0.3, -0.25) is 9.59 Å². The Hall–Kier alpha value is -2.56. The lowest BCUT2D eigenvalue weighted by molar-refractivity contribution is -0.146. The predicted molar refractivity (Wildman–Crippen MR) is 86.1 cm³/mol. The minimum atomic E-state index is -0.898. The van der Waals surface area contributed by atoms with Crippen molar-refractivity contribution in [3.05, 3.63) is 49.1 Å². The van der Waals surface area contributed by atoms with Crippen molar-refractivity contribution in [2.24, 2.45) is 23.7 Å². The van der Waals surface area contributed by atoms with E-state index < -0.39 is 17.8 Å². The lowest BCUT2D eigenvalue weighted by Crippen LogP contribution is -2.36. The molecular formula is C18H19NO4. The zero-order chi connectivity index (χ0) is 16.4. The number of carboxylic acid groups (broad SMARTS) is 1. The highest BCUT2D eigenvalue weighted by molar-refractivity contribution is 5.96. The van der Waals surface area contributed by atoms with Gasteiger partial charge in [0.25, 0.3) is 0 Å². The molecule has 1 fully saturated rings. The molecule has 3 rings (SSSR count). The van der Waals surface area contributed by atoms with Gasteiger partial charge in [0.15, 0.2) is 0 Å². The molecule has 5 heteroatoms. The van der Waals surface area contributed by atoms with Crippen molar-refractivity contribution in [1.29, 1.82) is 0 Å². The largest absolute Gasteiger partial charge is 0.489 e. The van der Waals surface area contributed by atoms with Crippen molar-refractivity contribution in [3.8, 4) is 5.75 Å². The molecule has 120 valence electrons. The summed E-state index contributed by atoms with van der Waals surface area (Å²) in [5.74, 6) is -1.67. The van der Waals surface area contributed by atoms with Gasteiger partial charge >= 0.3 is 5.97 Å². The average molecular weight is 313 g/mol. The summed E-state index contributed by atoms with van der Waals surface area (Å²) >= 11 is 0. The minimum Gasteiger partial charge on any atom is -0.489 e. The molecule has 23 heavy (non-hydrogen) atoms. The van der Waals surface area contributed by atoms with Crippen molar-refractivity contribution in [2.45, 2.75) is 6.42 Å². The van der Waals surface area contributed by atoms with Crippen LogP contribution in [-0.4, -0.2) is 23.6 Å². The van der Waals surface area contributed by atoms with E-state index in [-0.39, 0.29) is 17.7 Å². The highest BCUT2D eigenvalue weighted by atomic mass is 16.5. The Kier molecular flexibility index (Phi) is 4.19. The maximum absolute atomic E-state index is 12.6. The SMILES string of the molecule is C=CCOc1cccc(NC(=O)C2C3C=CC(C3)C2C(=O)O)c1. The van der Waals surface area contributed by atoms with Crippen LogP contribution in [0.25, 0.3) is 0 Å². The molecule has 5 nitrogen and oxygen atoms in total. The first-order valence-corrected chi connectivity index (χ1v) is 7.66. The molecule has 0 heterocycles. The smallest absolute Gasteiger partial charge is 0.307 e. The van der Waals surface area contributed by atoms with Crippen LogP contribution in [0.3, 0.4) is 0 Å². The van der Waals surface area contributed by atoms with E-state index in [1.807, 2.05) is 12.2 Å². The van der Waals surface area contributed by atoms with Crippen LogP contribution in [0.15, 0.2) is 49.1 Å². The molecule has 2 aliphatic carbocycles. The minimum absolute atomic E-state index is 0.0151. The second kappa shape index (κ2) is 6.28. The third-order valence-corrected chi connectivity index (χ3v) is 4.52. The molecule has 0 aromatic heterocycles. The van der Waals surface area contributed by atoms with Crippen molar-refractivity contribution < 1.29 is 19.4 Å². The average Bonchev–Trinajstić information content (AvgIpc) is 3.14. The lowest BCUT2D eigenvalue weighted by Gasteiger charge is -2.23. The van der Waals surface area contributed by atoms with Crippen molar-refractivity contribution in [2.75, 3.05) is 11.9 Å². The molecule has 4 atom stereocenters. The molecule has 1 amide bonds. The molecule has 1 aromatic rings. The molecule has 4 unspecified atom stereocenters. The van der Waals surface area contributed by atoms with E-state index in [0.29, 0.717) is 18.0 Å². The molecule has 0 aliphatic heterocycles. The molecular weight excluding hydrogens is 294 g/mol. The number of carbonyl (C=O) groups is 2. The fourth-order valence-electron chi connectivity index (χ4n) is 3.56. The quantitative estimate of drug-likeness (QED) is 0.792. The summed E-state index contributed by atoms with van der Waals surface area (Å²) in [6.45, 7) is 3.97. The Bertz CT molecular complexity index is 667. The second-order valence-corrected chi connectivity index (χ2v) is 5.95. The fraction of sp³-hybridized carbons (Fsp3) is 0.333. The normalized spacial score (nSPS) is 27.7. The first kappa shape index (κ1) is 15.3. The summed E-state index contributed by atoms with van der Waals surface area (Å²) in [4.78, 5) is 24.1. The summed E-state index contributed by atoms with van der Waals surface area (Å²) in [6.07, 6.45) is 6.29. The molecule has 0 spiro atoms. The highest BCUT2D eigenvalue weighted by Crippen LogP contribution is 2.48. The molecule has 1 aromatic carbocycles. The predicted octanol–water partition coefficient (Wildman–Crippen LogP) is 2.71. The van der Waals surface area contributed by atoms with Crippen LogP contribution in [0.1, 0.15) is 6.42 Å². The molecule has 1 saturated carbocycles. The van der Waals surface area contributed by atoms with E-state index >= 15 is 0 Å². The van der Waals surface area contributed by atoms with Gasteiger partial charge in [-0.05, 0) is 30.4 Å². The van der Waals surface area contributed by atoms with Gasteiger partial charge in [0.05, 0.1) is 11.8 Å². The van der Waals surface area contributed by atoms with Gasteiger partial charge in [0, 0.05) is 11.8 Å². The van der Waals surface area contributed by atoms with E-state index in [0.717, 1.165) is 6.42 Å². The number of amides is 1. The van der Waals surface area contributed by atoms with E-state index in [1.165, 1.54) is 0 Å². The van der Waals surface area contributed by atoms with Crippen LogP contribution in [-0.2, 0) is 9.59 Å². The fourth-order valence-corrected chi connectivity index (χ4v) is 3.56. The lowest BCUT2D eigenvalue weighted by atomic mass is 9.82. The number of rotatable bonds is 6. The van der Waals surface area contributed by atoms with Gasteiger partial charge in [-0.1, -0.05) is 30.9 Å². The maximum Gasteiger partial charge on any atom is 0.307 e. The molecule has 0 saturated heterocycles. The number of carbonyl (C=O) groups excluding carboxylic acids is 1. The summed E-state index contributed by atoms with van der Waals surface area (Å²) in [6, 6.07) is 7.06. The monoisotopic (exact) mass is 313 g/mol. The standard InChI is InChI=1S/C18H19NO4/c1-2-8-23-14-5-3-4-13(10-14)19-17(20)15-11-6-7-12(9-11)16(15)18(21)22/h2-7,10-12,15-16H,1,8-9H2,(H,19,20)(H,21,22). The van der Waals surface area contributed by atoms with E-state index in [9.17, 15) is 14.7 Å². The summed E-state index contributed by atoms with van der Waals surface area (Å²) in [5.41, 5.74) is 0.604. The third kappa shape index (κ3) is 2.99. The third-order valence-electron chi connectivity index (χ3n) is 4.52. The number of hydrogen-bond donors (Lipinski definition) is 2. The van der Waals surface area contributed by atoms with Gasteiger partial charge < -0.3 is 15.2 Å². The Morgan fingerprint density at radius 2 is 2.04 bits per heavy atom. The van der Waals surface area contributed by atoms with E-state index in [4.69, 9.17) is 4.74 Å². The van der Waals surface area contributed by atoms with Crippen LogP contribution in [0.4, 0.5) is 5.69 Å². The topological polar surface area (TPSA) is 75.6 Å². The van der Waals surface area contributed by atoms with Gasteiger partial charge in [-0.15, -0.1) is 0 Å². The Morgan fingerprint density at radius 3 is 2.74 bits per heavy atom. The van der Waals surface area contributed by atoms with Crippen LogP contribution < -0.4 is 10.1 Å². The number of anilines is 1. The zero-order valence-corrected chi connectivity index (χ0v) is 12.6. The number of benzene rings is 1. The van der Waals surface area contributed by atoms with E-state index in [2.05, 4.69) is 11.9 Å². The molecule has 2 N–H and O–H groups in total.